The summed E-state index contributed by atoms with van der Waals surface area (Å²) in [5.74, 6) is 0.824. The number of hydrogen-bond acceptors (Lipinski definition) is 5. The van der Waals surface area contributed by atoms with Crippen molar-refractivity contribution in [3.63, 3.8) is 0 Å². The maximum Gasteiger partial charge on any atom is 0.259 e. The molecule has 1 saturated heterocycles. The third kappa shape index (κ3) is 4.24. The summed E-state index contributed by atoms with van der Waals surface area (Å²) in [7, 11) is 1.62. The van der Waals surface area contributed by atoms with Gasteiger partial charge in [-0.1, -0.05) is 12.1 Å². The number of benzene rings is 1. The van der Waals surface area contributed by atoms with Crippen LogP contribution in [0.1, 0.15) is 35.7 Å². The number of carbonyl (C=O) groups is 2. The van der Waals surface area contributed by atoms with Crippen molar-refractivity contribution in [1.29, 1.82) is 0 Å². The number of rotatable bonds is 6. The molecule has 7 nitrogen and oxygen atoms in total. The van der Waals surface area contributed by atoms with Gasteiger partial charge in [0, 0.05) is 32.1 Å². The first-order valence-corrected chi connectivity index (χ1v) is 9.31. The molecule has 3 rings (SSSR count). The van der Waals surface area contributed by atoms with Gasteiger partial charge in [0.05, 0.1) is 19.8 Å². The van der Waals surface area contributed by atoms with Gasteiger partial charge in [0.25, 0.3) is 5.91 Å². The summed E-state index contributed by atoms with van der Waals surface area (Å²) in [4.78, 5) is 30.7. The first kappa shape index (κ1) is 19.7. The normalized spacial score (nSPS) is 18.6. The largest absolute Gasteiger partial charge is 0.497 e. The first-order chi connectivity index (χ1) is 13.5. The van der Waals surface area contributed by atoms with Crippen LogP contribution in [-0.2, 0) is 4.79 Å². The lowest BCUT2D eigenvalue weighted by atomic mass is 9.94. The molecule has 1 fully saturated rings. The summed E-state index contributed by atoms with van der Waals surface area (Å²) in [6, 6.07) is 11.0. The maximum atomic E-state index is 13.1. The average molecular weight is 383 g/mol. The number of hydrogen-bond donors (Lipinski definition) is 1. The van der Waals surface area contributed by atoms with Crippen LogP contribution < -0.4 is 14.8 Å². The van der Waals surface area contributed by atoms with E-state index in [-0.39, 0.29) is 23.8 Å². The van der Waals surface area contributed by atoms with Gasteiger partial charge in [0.1, 0.15) is 11.3 Å². The molecule has 1 N–H and O–H groups in total. The maximum absolute atomic E-state index is 13.1. The van der Waals surface area contributed by atoms with E-state index in [1.54, 1.807) is 30.3 Å². The van der Waals surface area contributed by atoms with E-state index >= 15 is 0 Å². The minimum absolute atomic E-state index is 0.00836. The summed E-state index contributed by atoms with van der Waals surface area (Å²) >= 11 is 0. The van der Waals surface area contributed by atoms with Crippen LogP contribution in [0.5, 0.6) is 11.6 Å². The van der Waals surface area contributed by atoms with E-state index in [1.165, 1.54) is 6.92 Å². The van der Waals surface area contributed by atoms with E-state index in [0.29, 0.717) is 31.1 Å². The smallest absolute Gasteiger partial charge is 0.259 e. The topological polar surface area (TPSA) is 80.8 Å². The number of aromatic nitrogens is 1. The van der Waals surface area contributed by atoms with Crippen molar-refractivity contribution in [2.75, 3.05) is 26.8 Å². The zero-order valence-corrected chi connectivity index (χ0v) is 16.3. The number of methoxy groups -OCH3 is 1. The van der Waals surface area contributed by atoms with Crippen LogP contribution in [0.2, 0.25) is 0 Å². The number of amides is 2. The van der Waals surface area contributed by atoms with Gasteiger partial charge in [-0.05, 0) is 36.8 Å². The Balaban J connectivity index is 1.85. The van der Waals surface area contributed by atoms with Crippen molar-refractivity contribution in [1.82, 2.24) is 15.2 Å². The Morgan fingerprint density at radius 1 is 1.21 bits per heavy atom. The molecule has 1 aliphatic heterocycles. The number of carbonyl (C=O) groups excluding carboxylic acids is 2. The van der Waals surface area contributed by atoms with Crippen LogP contribution in [0.4, 0.5) is 0 Å². The molecular formula is C21H25N3O4. The van der Waals surface area contributed by atoms with Crippen molar-refractivity contribution < 1.29 is 19.1 Å². The van der Waals surface area contributed by atoms with Crippen molar-refractivity contribution in [2.45, 2.75) is 25.8 Å². The van der Waals surface area contributed by atoms with Crippen LogP contribution in [-0.4, -0.2) is 54.5 Å². The molecule has 0 spiro atoms. The molecule has 7 heteroatoms. The van der Waals surface area contributed by atoms with E-state index in [1.807, 2.05) is 31.2 Å². The van der Waals surface area contributed by atoms with Gasteiger partial charge in [0.2, 0.25) is 11.8 Å². The Labute approximate surface area is 164 Å². The number of nitrogens with one attached hydrogen (secondary N) is 1. The molecule has 2 aromatic rings. The van der Waals surface area contributed by atoms with Gasteiger partial charge < -0.3 is 19.7 Å². The highest BCUT2D eigenvalue weighted by Gasteiger charge is 2.37. The Morgan fingerprint density at radius 2 is 1.96 bits per heavy atom. The molecule has 2 heterocycles. The molecule has 2 atom stereocenters. The molecule has 2 amide bonds. The van der Waals surface area contributed by atoms with Gasteiger partial charge in [-0.2, -0.15) is 0 Å². The third-order valence-electron chi connectivity index (χ3n) is 4.82. The summed E-state index contributed by atoms with van der Waals surface area (Å²) < 4.78 is 10.7. The van der Waals surface area contributed by atoms with E-state index in [0.717, 1.165) is 11.3 Å². The highest BCUT2D eigenvalue weighted by molar-refractivity contribution is 5.96. The second kappa shape index (κ2) is 8.73. The molecule has 1 aromatic heterocycles. The second-order valence-corrected chi connectivity index (χ2v) is 6.69. The standard InChI is InChI=1S/C21H25N3O4/c1-4-28-20-17(6-5-11-22-20)21(26)24-12-18(19(13-24)23-14(2)25)15-7-9-16(27-3)10-8-15/h5-11,18-19H,4,12-13H2,1-3H3,(H,23,25). The van der Waals surface area contributed by atoms with Gasteiger partial charge in [-0.15, -0.1) is 0 Å². The quantitative estimate of drug-likeness (QED) is 0.827. The SMILES string of the molecule is CCOc1ncccc1C(=O)N1CC(NC(C)=O)C(c2ccc(OC)cc2)C1. The van der Waals surface area contributed by atoms with Crippen LogP contribution in [0.25, 0.3) is 0 Å². The van der Waals surface area contributed by atoms with Crippen LogP contribution in [0.15, 0.2) is 42.6 Å². The van der Waals surface area contributed by atoms with Gasteiger partial charge in [0.15, 0.2) is 0 Å². The Kier molecular flexibility index (Phi) is 6.13. The Morgan fingerprint density at radius 3 is 2.61 bits per heavy atom. The molecule has 148 valence electrons. The number of likely N-dealkylation sites (tertiary alicyclic amines) is 1. The van der Waals surface area contributed by atoms with Crippen molar-refractivity contribution in [3.8, 4) is 11.6 Å². The summed E-state index contributed by atoms with van der Waals surface area (Å²) in [5, 5.41) is 2.98. The van der Waals surface area contributed by atoms with Crippen LogP contribution >= 0.6 is 0 Å². The first-order valence-electron chi connectivity index (χ1n) is 9.31. The van der Waals surface area contributed by atoms with Gasteiger partial charge >= 0.3 is 0 Å². The third-order valence-corrected chi connectivity index (χ3v) is 4.82. The Bertz CT molecular complexity index is 838. The zero-order chi connectivity index (χ0) is 20.1. The summed E-state index contributed by atoms with van der Waals surface area (Å²) in [6.45, 7) is 4.70. The van der Waals surface area contributed by atoms with E-state index in [9.17, 15) is 9.59 Å². The highest BCUT2D eigenvalue weighted by atomic mass is 16.5. The number of ether oxygens (including phenoxy) is 2. The van der Waals surface area contributed by atoms with E-state index < -0.39 is 0 Å². The lowest BCUT2D eigenvalue weighted by molar-refractivity contribution is -0.119. The van der Waals surface area contributed by atoms with Crippen molar-refractivity contribution >= 4 is 11.8 Å². The summed E-state index contributed by atoms with van der Waals surface area (Å²) in [5.41, 5.74) is 1.48. The van der Waals surface area contributed by atoms with Crippen molar-refractivity contribution in [2.24, 2.45) is 0 Å². The van der Waals surface area contributed by atoms with Crippen LogP contribution in [0.3, 0.4) is 0 Å². The number of nitrogens with zero attached hydrogens (tertiary/aromatic N) is 2. The monoisotopic (exact) mass is 383 g/mol. The fourth-order valence-electron chi connectivity index (χ4n) is 3.54. The minimum atomic E-state index is -0.165. The average Bonchev–Trinajstić information content (AvgIpc) is 3.11. The molecule has 1 aromatic carbocycles. The highest BCUT2D eigenvalue weighted by Crippen LogP contribution is 2.31. The molecule has 2 unspecified atom stereocenters. The second-order valence-electron chi connectivity index (χ2n) is 6.69. The molecular weight excluding hydrogens is 358 g/mol. The molecule has 0 aliphatic carbocycles. The summed E-state index contributed by atoms with van der Waals surface area (Å²) in [6.07, 6.45) is 1.60. The Hall–Kier alpha value is -3.09. The lowest BCUT2D eigenvalue weighted by Crippen LogP contribution is -2.39. The van der Waals surface area contributed by atoms with Crippen molar-refractivity contribution in [3.05, 3.63) is 53.7 Å². The number of pyridine rings is 1. The molecule has 1 aliphatic rings. The van der Waals surface area contributed by atoms with Gasteiger partial charge in [-0.3, -0.25) is 9.59 Å². The predicted octanol–water partition coefficient (Wildman–Crippen LogP) is 2.23. The van der Waals surface area contributed by atoms with Gasteiger partial charge in [-0.25, -0.2) is 4.98 Å². The fourth-order valence-corrected chi connectivity index (χ4v) is 3.54. The van der Waals surface area contributed by atoms with E-state index in [4.69, 9.17) is 9.47 Å². The van der Waals surface area contributed by atoms with Crippen LogP contribution in [0, 0.1) is 0 Å². The predicted molar refractivity (Wildman–Crippen MR) is 105 cm³/mol. The fraction of sp³-hybridized carbons (Fsp3) is 0.381. The van der Waals surface area contributed by atoms with E-state index in [2.05, 4.69) is 10.3 Å². The lowest BCUT2D eigenvalue weighted by Gasteiger charge is -2.19. The minimum Gasteiger partial charge on any atom is -0.497 e. The molecule has 28 heavy (non-hydrogen) atoms. The molecule has 0 saturated carbocycles. The zero-order valence-electron chi connectivity index (χ0n) is 16.3. The molecule has 0 bridgehead atoms. The molecule has 0 radical (unpaired) electrons.